The minimum Gasteiger partial charge on any atom is -0.304 e. The van der Waals surface area contributed by atoms with Crippen LogP contribution in [-0.2, 0) is 17.6 Å². The number of aromatic nitrogens is 2. The van der Waals surface area contributed by atoms with Crippen LogP contribution >= 0.6 is 0 Å². The number of aryl methyl sites for hydroxylation is 1. The number of para-hydroxylation sites is 1. The van der Waals surface area contributed by atoms with E-state index in [0.717, 1.165) is 30.3 Å². The lowest BCUT2D eigenvalue weighted by atomic mass is 9.80. The highest BCUT2D eigenvalue weighted by atomic mass is 16.1. The molecule has 4 heteroatoms. The molecule has 38 heavy (non-hydrogen) atoms. The molecule has 4 nitrogen and oxygen atoms in total. The fourth-order valence-electron chi connectivity index (χ4n) is 6.77. The molecular formula is C34H27N3O. The Morgan fingerprint density at radius 2 is 1.79 bits per heavy atom. The Morgan fingerprint density at radius 1 is 0.921 bits per heavy atom. The van der Waals surface area contributed by atoms with Gasteiger partial charge in [-0.2, -0.15) is 0 Å². The van der Waals surface area contributed by atoms with Crippen molar-refractivity contribution in [2.75, 3.05) is 0 Å². The summed E-state index contributed by atoms with van der Waals surface area (Å²) < 4.78 is 2.29. The van der Waals surface area contributed by atoms with Gasteiger partial charge in [-0.1, -0.05) is 55.5 Å². The van der Waals surface area contributed by atoms with Crippen LogP contribution in [0.15, 0.2) is 95.9 Å². The normalized spacial score (nSPS) is 20.2. The van der Waals surface area contributed by atoms with Gasteiger partial charge in [-0.15, -0.1) is 0 Å². The van der Waals surface area contributed by atoms with Crippen molar-refractivity contribution in [3.05, 3.63) is 118 Å². The maximum absolute atomic E-state index is 11.5. The zero-order chi connectivity index (χ0) is 25.4. The first-order valence-corrected chi connectivity index (χ1v) is 13.6. The molecule has 0 N–H and O–H groups in total. The average Bonchev–Trinajstić information content (AvgIpc) is 3.57. The van der Waals surface area contributed by atoms with Gasteiger partial charge in [0, 0.05) is 41.2 Å². The summed E-state index contributed by atoms with van der Waals surface area (Å²) in [6.07, 6.45) is 10.0. The summed E-state index contributed by atoms with van der Waals surface area (Å²) >= 11 is 0. The number of ketones is 1. The maximum atomic E-state index is 11.5. The molecule has 0 radical (unpaired) electrons. The van der Waals surface area contributed by atoms with Crippen LogP contribution in [0.4, 0.5) is 0 Å². The highest BCUT2D eigenvalue weighted by Gasteiger charge is 2.27. The lowest BCUT2D eigenvalue weighted by Crippen LogP contribution is -2.24. The van der Waals surface area contributed by atoms with Crippen LogP contribution in [0, 0.1) is 5.92 Å². The molecule has 4 aromatic carbocycles. The smallest absolute Gasteiger partial charge is 0.160 e. The van der Waals surface area contributed by atoms with Gasteiger partial charge in [0.15, 0.2) is 5.78 Å². The average molecular weight is 494 g/mol. The predicted molar refractivity (Wildman–Crippen MR) is 151 cm³/mol. The first kappa shape index (κ1) is 21.7. The summed E-state index contributed by atoms with van der Waals surface area (Å²) in [6.45, 7) is 1.98. The highest BCUT2D eigenvalue weighted by Crippen LogP contribution is 2.40. The van der Waals surface area contributed by atoms with Gasteiger partial charge in [0.05, 0.1) is 11.1 Å². The van der Waals surface area contributed by atoms with Crippen LogP contribution < -0.4 is 10.6 Å². The van der Waals surface area contributed by atoms with E-state index in [0.29, 0.717) is 5.92 Å². The minimum absolute atomic E-state index is 0.102. The van der Waals surface area contributed by atoms with Gasteiger partial charge in [0.1, 0.15) is 5.82 Å². The molecule has 1 aromatic heterocycles. The number of hydrogen-bond acceptors (Lipinski definition) is 3. The van der Waals surface area contributed by atoms with Crippen LogP contribution in [0.2, 0.25) is 0 Å². The summed E-state index contributed by atoms with van der Waals surface area (Å²) in [5, 5.41) is 7.70. The number of allylic oxidation sites excluding steroid dienone is 2. The number of carbonyl (C=O) groups is 1. The molecule has 184 valence electrons. The zero-order valence-corrected chi connectivity index (χ0v) is 21.3. The Bertz CT molecular complexity index is 1980. The number of carbonyl (C=O) groups excluding carboxylic acids is 1. The van der Waals surface area contributed by atoms with Crippen molar-refractivity contribution in [2.24, 2.45) is 10.9 Å². The van der Waals surface area contributed by atoms with E-state index >= 15 is 0 Å². The Kier molecular flexibility index (Phi) is 4.63. The standard InChI is InChI=1S/C21H16N2.C13H11NO/c1-2-15-11-19-13(1)4-8-18-17(19)7-5-14-3-6-16(12-20(14)18)23-10-9-22-21(15)23;1-8-6-10-9-4-2-3-5-11(9)14-12(10)7-13(8)15/h3-10,12,15H,1-2,11H2;2-5,7-8H,6H2,1H3. The fourth-order valence-corrected chi connectivity index (χ4v) is 6.77. The Balaban J connectivity index is 0.000000130. The maximum Gasteiger partial charge on any atom is 0.160 e. The lowest BCUT2D eigenvalue weighted by Gasteiger charge is -2.27. The second-order valence-electron chi connectivity index (χ2n) is 11.0. The van der Waals surface area contributed by atoms with Crippen LogP contribution in [0.5, 0.6) is 0 Å². The molecule has 2 aliphatic carbocycles. The molecule has 0 amide bonds. The largest absolute Gasteiger partial charge is 0.304 e. The molecule has 3 heterocycles. The quantitative estimate of drug-likeness (QED) is 0.259. The molecule has 0 saturated heterocycles. The Morgan fingerprint density at radius 3 is 2.74 bits per heavy atom. The zero-order valence-electron chi connectivity index (χ0n) is 21.3. The van der Waals surface area contributed by atoms with Gasteiger partial charge in [-0.25, -0.2) is 9.98 Å². The number of rotatable bonds is 0. The van der Waals surface area contributed by atoms with Gasteiger partial charge in [0.2, 0.25) is 0 Å². The molecule has 6 bridgehead atoms. The summed E-state index contributed by atoms with van der Waals surface area (Å²) in [5.74, 6) is 2.04. The van der Waals surface area contributed by atoms with Crippen molar-refractivity contribution in [2.45, 2.75) is 38.5 Å². The number of fused-ring (bicyclic) bond motifs is 7. The van der Waals surface area contributed by atoms with Gasteiger partial charge in [-0.05, 0) is 82.1 Å². The van der Waals surface area contributed by atoms with E-state index in [1.807, 2.05) is 31.3 Å². The van der Waals surface area contributed by atoms with E-state index in [9.17, 15) is 4.79 Å². The lowest BCUT2D eigenvalue weighted by molar-refractivity contribution is -0.117. The van der Waals surface area contributed by atoms with E-state index in [1.165, 1.54) is 55.8 Å². The molecule has 2 aliphatic heterocycles. The molecule has 2 unspecified atom stereocenters. The van der Waals surface area contributed by atoms with Gasteiger partial charge in [-0.3, -0.25) is 4.79 Å². The van der Waals surface area contributed by atoms with Gasteiger partial charge in [0.25, 0.3) is 0 Å². The SMILES string of the molecule is CC1CC2=c3ccccc3=NC2=CC1=O.c1cn2c(n1)C1CCc3ccc4c(ccc5ccc-2cc54)c3C1. The second-order valence-corrected chi connectivity index (χ2v) is 11.0. The molecule has 0 fully saturated rings. The van der Waals surface area contributed by atoms with Crippen LogP contribution in [0.1, 0.15) is 42.6 Å². The van der Waals surface area contributed by atoms with Crippen molar-refractivity contribution >= 4 is 32.9 Å². The Labute approximate surface area is 220 Å². The first-order chi connectivity index (χ1) is 18.6. The van der Waals surface area contributed by atoms with E-state index in [2.05, 4.69) is 64.3 Å². The van der Waals surface area contributed by atoms with Crippen molar-refractivity contribution in [3.63, 3.8) is 0 Å². The molecule has 0 saturated carbocycles. The predicted octanol–water partition coefficient (Wildman–Crippen LogP) is 5.73. The Hall–Kier alpha value is -4.31. The molecule has 2 atom stereocenters. The summed E-state index contributed by atoms with van der Waals surface area (Å²) in [4.78, 5) is 20.7. The van der Waals surface area contributed by atoms with Crippen LogP contribution in [0.25, 0.3) is 32.8 Å². The van der Waals surface area contributed by atoms with Crippen molar-refractivity contribution in [1.29, 1.82) is 0 Å². The fraction of sp³-hybridized carbons (Fsp3) is 0.206. The number of nitrogens with zero attached hydrogens (tertiary/aromatic N) is 3. The molecule has 5 aromatic rings. The molecule has 9 rings (SSSR count). The topological polar surface area (TPSA) is 47.2 Å². The van der Waals surface area contributed by atoms with E-state index in [1.54, 1.807) is 11.6 Å². The number of imidazole rings is 1. The molecular weight excluding hydrogens is 466 g/mol. The van der Waals surface area contributed by atoms with Gasteiger partial charge < -0.3 is 4.57 Å². The van der Waals surface area contributed by atoms with Crippen molar-refractivity contribution < 1.29 is 4.79 Å². The van der Waals surface area contributed by atoms with E-state index in [-0.39, 0.29) is 11.7 Å². The number of benzene rings is 4. The highest BCUT2D eigenvalue weighted by molar-refractivity contribution is 6.09. The third-order valence-corrected chi connectivity index (χ3v) is 8.79. The summed E-state index contributed by atoms with van der Waals surface area (Å²) in [5.41, 5.74) is 6.41. The van der Waals surface area contributed by atoms with E-state index in [4.69, 9.17) is 4.98 Å². The monoisotopic (exact) mass is 493 g/mol. The second kappa shape index (κ2) is 8.09. The third-order valence-electron chi connectivity index (χ3n) is 8.79. The van der Waals surface area contributed by atoms with Crippen LogP contribution in [0.3, 0.4) is 0 Å². The van der Waals surface area contributed by atoms with E-state index < -0.39 is 0 Å². The number of hydrogen-bond donors (Lipinski definition) is 0. The first-order valence-electron chi connectivity index (χ1n) is 13.6. The molecule has 4 aliphatic rings. The third kappa shape index (κ3) is 3.19. The summed E-state index contributed by atoms with van der Waals surface area (Å²) in [6, 6.07) is 24.2. The van der Waals surface area contributed by atoms with Crippen molar-refractivity contribution in [1.82, 2.24) is 9.55 Å². The molecule has 0 spiro atoms. The van der Waals surface area contributed by atoms with Gasteiger partial charge >= 0.3 is 0 Å². The van der Waals surface area contributed by atoms with Crippen LogP contribution in [-0.4, -0.2) is 15.3 Å². The minimum atomic E-state index is 0.102. The summed E-state index contributed by atoms with van der Waals surface area (Å²) in [7, 11) is 0. The van der Waals surface area contributed by atoms with Crippen molar-refractivity contribution in [3.8, 4) is 5.69 Å².